The van der Waals surface area contributed by atoms with Crippen molar-refractivity contribution in [2.45, 2.75) is 13.3 Å². The minimum Gasteiger partial charge on any atom is -0.493 e. The predicted molar refractivity (Wildman–Crippen MR) is 89.3 cm³/mol. The van der Waals surface area contributed by atoms with Crippen LogP contribution in [0.15, 0.2) is 28.2 Å². The Morgan fingerprint density at radius 3 is 2.92 bits per heavy atom. The summed E-state index contributed by atoms with van der Waals surface area (Å²) in [6.45, 7) is 2.22. The molecule has 11 nitrogen and oxygen atoms in total. The molecular weight excluding hydrogens is 332 g/mol. The Morgan fingerprint density at radius 2 is 2.28 bits per heavy atom. The Labute approximate surface area is 141 Å². The van der Waals surface area contributed by atoms with E-state index in [1.165, 1.54) is 25.6 Å². The van der Waals surface area contributed by atoms with Gasteiger partial charge in [0.2, 0.25) is 5.75 Å². The molecular formula is C14H16N6O5. The first-order valence-electron chi connectivity index (χ1n) is 7.25. The molecule has 1 heterocycles. The van der Waals surface area contributed by atoms with Crippen LogP contribution in [0.25, 0.3) is 0 Å². The van der Waals surface area contributed by atoms with Crippen molar-refractivity contribution in [2.24, 2.45) is 5.10 Å². The smallest absolute Gasteiger partial charge is 0.363 e. The maximum absolute atomic E-state index is 11.3. The van der Waals surface area contributed by atoms with E-state index in [9.17, 15) is 14.9 Å². The molecule has 2 rings (SSSR count). The highest BCUT2D eigenvalue weighted by atomic mass is 16.6. The average Bonchev–Trinajstić information content (AvgIpc) is 2.59. The minimum atomic E-state index is -0.630. The first-order valence-corrected chi connectivity index (χ1v) is 7.25. The van der Waals surface area contributed by atoms with Crippen LogP contribution < -0.4 is 20.6 Å². The van der Waals surface area contributed by atoms with Gasteiger partial charge in [-0.25, -0.2) is 9.89 Å². The fourth-order valence-electron chi connectivity index (χ4n) is 1.86. The molecule has 0 aliphatic heterocycles. The monoisotopic (exact) mass is 348 g/mol. The summed E-state index contributed by atoms with van der Waals surface area (Å²) < 4.78 is 10.6. The number of nitro benzene ring substituents is 1. The molecule has 0 saturated carbocycles. The van der Waals surface area contributed by atoms with Gasteiger partial charge in [-0.3, -0.25) is 15.5 Å². The van der Waals surface area contributed by atoms with Crippen molar-refractivity contribution >= 4 is 17.7 Å². The Kier molecular flexibility index (Phi) is 5.98. The number of H-pyrrole nitrogens is 1. The van der Waals surface area contributed by atoms with Gasteiger partial charge in [-0.1, -0.05) is 6.92 Å². The van der Waals surface area contributed by atoms with Gasteiger partial charge >= 0.3 is 11.4 Å². The molecule has 25 heavy (non-hydrogen) atoms. The van der Waals surface area contributed by atoms with Crippen molar-refractivity contribution in [1.82, 2.24) is 15.2 Å². The maximum Gasteiger partial charge on any atom is 0.363 e. The number of benzene rings is 1. The fraction of sp³-hybridized carbons (Fsp3) is 0.286. The molecule has 2 N–H and O–H groups in total. The number of hydrogen-bond acceptors (Lipinski definition) is 9. The van der Waals surface area contributed by atoms with Gasteiger partial charge in [0.05, 0.1) is 31.1 Å². The van der Waals surface area contributed by atoms with E-state index in [1.807, 2.05) is 6.92 Å². The third kappa shape index (κ3) is 4.73. The van der Waals surface area contributed by atoms with Crippen LogP contribution in [0.5, 0.6) is 11.5 Å². The van der Waals surface area contributed by atoms with Crippen LogP contribution in [0.2, 0.25) is 0 Å². The van der Waals surface area contributed by atoms with Crippen LogP contribution in [0.4, 0.5) is 11.5 Å². The molecule has 0 spiro atoms. The highest BCUT2D eigenvalue weighted by Gasteiger charge is 2.21. The number of anilines is 1. The van der Waals surface area contributed by atoms with Gasteiger partial charge in [-0.2, -0.15) is 15.2 Å². The number of ether oxygens (including phenoxy) is 2. The molecule has 11 heteroatoms. The van der Waals surface area contributed by atoms with E-state index < -0.39 is 10.6 Å². The van der Waals surface area contributed by atoms with E-state index in [0.29, 0.717) is 18.6 Å². The SMILES string of the molecule is CCCOc1c(OC)cc(/C=N/Nc2cn[nH]c(=O)n2)cc1[N+](=O)[O-]. The number of methoxy groups -OCH3 is 1. The molecule has 0 aliphatic rings. The molecule has 0 saturated heterocycles. The summed E-state index contributed by atoms with van der Waals surface area (Å²) in [4.78, 5) is 25.3. The third-order valence-electron chi connectivity index (χ3n) is 2.89. The second kappa shape index (κ2) is 8.38. The average molecular weight is 348 g/mol. The Morgan fingerprint density at radius 1 is 1.48 bits per heavy atom. The number of nitrogens with zero attached hydrogens (tertiary/aromatic N) is 4. The lowest BCUT2D eigenvalue weighted by atomic mass is 10.2. The van der Waals surface area contributed by atoms with E-state index in [2.05, 4.69) is 25.7 Å². The second-order valence-electron chi connectivity index (χ2n) is 4.72. The summed E-state index contributed by atoms with van der Waals surface area (Å²) in [5, 5.41) is 20.8. The van der Waals surface area contributed by atoms with Gasteiger partial charge in [-0.05, 0) is 12.5 Å². The summed E-state index contributed by atoms with van der Waals surface area (Å²) in [6.07, 6.45) is 3.29. The number of hydrazone groups is 1. The maximum atomic E-state index is 11.3. The van der Waals surface area contributed by atoms with Gasteiger partial charge in [-0.15, -0.1) is 0 Å². The van der Waals surface area contributed by atoms with Crippen LogP contribution >= 0.6 is 0 Å². The highest BCUT2D eigenvalue weighted by molar-refractivity contribution is 5.83. The second-order valence-corrected chi connectivity index (χ2v) is 4.72. The summed E-state index contributed by atoms with van der Waals surface area (Å²) in [6, 6.07) is 2.86. The lowest BCUT2D eigenvalue weighted by Crippen LogP contribution is -2.13. The minimum absolute atomic E-state index is 0.0694. The van der Waals surface area contributed by atoms with Gasteiger partial charge in [0.1, 0.15) is 0 Å². The van der Waals surface area contributed by atoms with Crippen LogP contribution in [-0.4, -0.2) is 40.0 Å². The summed E-state index contributed by atoms with van der Waals surface area (Å²) >= 11 is 0. The standard InChI is InChI=1S/C14H16N6O5/c1-3-4-25-13-10(20(22)23)5-9(6-11(13)24-2)7-15-18-12-8-16-19-14(21)17-12/h5-8H,3-4H2,1-2H3,(H2,17,18,19,21)/b15-7+. The molecule has 0 aliphatic carbocycles. The molecule has 0 unspecified atom stereocenters. The first-order chi connectivity index (χ1) is 12.0. The number of aromatic nitrogens is 3. The molecule has 0 amide bonds. The Bertz CT molecular complexity index is 835. The van der Waals surface area contributed by atoms with Crippen LogP contribution in [0.3, 0.4) is 0 Å². The molecule has 0 fully saturated rings. The molecule has 1 aromatic heterocycles. The van der Waals surface area contributed by atoms with E-state index >= 15 is 0 Å². The summed E-state index contributed by atoms with van der Waals surface area (Å²) in [5.74, 6) is 0.421. The first kappa shape index (κ1) is 17.8. The lowest BCUT2D eigenvalue weighted by molar-refractivity contribution is -0.386. The van der Waals surface area contributed by atoms with Crippen molar-refractivity contribution < 1.29 is 14.4 Å². The van der Waals surface area contributed by atoms with Gasteiger partial charge in [0.15, 0.2) is 11.6 Å². The van der Waals surface area contributed by atoms with Gasteiger partial charge < -0.3 is 9.47 Å². The zero-order chi connectivity index (χ0) is 18.2. The quantitative estimate of drug-likeness (QED) is 0.413. The molecule has 0 atom stereocenters. The van der Waals surface area contributed by atoms with E-state index in [0.717, 1.165) is 0 Å². The van der Waals surface area contributed by atoms with E-state index in [4.69, 9.17) is 9.47 Å². The third-order valence-corrected chi connectivity index (χ3v) is 2.89. The van der Waals surface area contributed by atoms with Crippen molar-refractivity contribution in [3.63, 3.8) is 0 Å². The van der Waals surface area contributed by atoms with E-state index in [-0.39, 0.29) is 23.0 Å². The molecule has 0 radical (unpaired) electrons. The van der Waals surface area contributed by atoms with Gasteiger partial charge in [0.25, 0.3) is 0 Å². The van der Waals surface area contributed by atoms with Crippen LogP contribution in [0.1, 0.15) is 18.9 Å². The lowest BCUT2D eigenvalue weighted by Gasteiger charge is -2.11. The van der Waals surface area contributed by atoms with E-state index in [1.54, 1.807) is 6.07 Å². The number of aromatic amines is 1. The molecule has 132 valence electrons. The Balaban J connectivity index is 2.28. The van der Waals surface area contributed by atoms with Crippen LogP contribution in [0, 0.1) is 10.1 Å². The van der Waals surface area contributed by atoms with Crippen LogP contribution in [-0.2, 0) is 0 Å². The van der Waals surface area contributed by atoms with Crippen molar-refractivity contribution in [3.05, 3.63) is 44.5 Å². The van der Waals surface area contributed by atoms with Gasteiger partial charge in [0, 0.05) is 11.6 Å². The van der Waals surface area contributed by atoms with Crippen molar-refractivity contribution in [3.8, 4) is 11.5 Å². The molecule has 1 aromatic carbocycles. The zero-order valence-corrected chi connectivity index (χ0v) is 13.6. The fourth-order valence-corrected chi connectivity index (χ4v) is 1.86. The Hall–Kier alpha value is -3.50. The zero-order valence-electron chi connectivity index (χ0n) is 13.6. The molecule has 0 bridgehead atoms. The summed E-state index contributed by atoms with van der Waals surface area (Å²) in [7, 11) is 1.39. The largest absolute Gasteiger partial charge is 0.493 e. The number of nitro groups is 1. The molecule has 2 aromatic rings. The highest BCUT2D eigenvalue weighted by Crippen LogP contribution is 2.38. The normalized spacial score (nSPS) is 10.6. The topological polar surface area (TPSA) is 145 Å². The number of nitrogens with one attached hydrogen (secondary N) is 2. The predicted octanol–water partition coefficient (Wildman–Crippen LogP) is 1.32. The number of hydrogen-bond donors (Lipinski definition) is 2. The number of rotatable bonds is 8. The van der Waals surface area contributed by atoms with Crippen molar-refractivity contribution in [2.75, 3.05) is 19.1 Å². The van der Waals surface area contributed by atoms with Crippen molar-refractivity contribution in [1.29, 1.82) is 0 Å². The summed E-state index contributed by atoms with van der Waals surface area (Å²) in [5.41, 5.74) is 2.04.